The fourth-order valence-electron chi connectivity index (χ4n) is 5.85. The van der Waals surface area contributed by atoms with Crippen LogP contribution in [-0.4, -0.2) is 65.1 Å². The Kier molecular flexibility index (Phi) is 9.44. The van der Waals surface area contributed by atoms with E-state index in [0.717, 1.165) is 11.1 Å². The van der Waals surface area contributed by atoms with Gasteiger partial charge in [0.05, 0.1) is 30.1 Å². The first-order chi connectivity index (χ1) is 23.7. The molecule has 2 unspecified atom stereocenters. The van der Waals surface area contributed by atoms with Crippen LogP contribution in [0.4, 0.5) is 17.3 Å². The number of hydrogen-bond acceptors (Lipinski definition) is 11. The van der Waals surface area contributed by atoms with Gasteiger partial charge in [-0.2, -0.15) is 4.98 Å². The summed E-state index contributed by atoms with van der Waals surface area (Å²) in [6, 6.07) is 21.0. The maximum Gasteiger partial charge on any atom is 0.325 e. The van der Waals surface area contributed by atoms with Gasteiger partial charge in [-0.05, 0) is 60.7 Å². The summed E-state index contributed by atoms with van der Waals surface area (Å²) >= 11 is 0. The summed E-state index contributed by atoms with van der Waals surface area (Å²) < 4.78 is 11.2. The van der Waals surface area contributed by atoms with Crippen molar-refractivity contribution in [2.45, 2.75) is 44.4 Å². The Hall–Kier alpha value is -5.95. The lowest BCUT2D eigenvalue weighted by Crippen LogP contribution is -2.33. The van der Waals surface area contributed by atoms with Crippen molar-refractivity contribution in [2.24, 2.45) is 0 Å². The van der Waals surface area contributed by atoms with Gasteiger partial charge >= 0.3 is 5.97 Å². The molecule has 0 radical (unpaired) electrons. The number of carbonyl (C=O) groups excluding carboxylic acids is 5. The molecule has 0 bridgehead atoms. The Morgan fingerprint density at radius 2 is 1.73 bits per heavy atom. The van der Waals surface area contributed by atoms with Crippen LogP contribution in [0.5, 0.6) is 5.88 Å². The molecular weight excluding hydrogens is 628 g/mol. The molecule has 0 spiro atoms. The van der Waals surface area contributed by atoms with Gasteiger partial charge in [0.25, 0.3) is 11.8 Å². The number of hydrogen-bond donors (Lipinski definition) is 3. The number of carbonyl (C=O) groups is 5. The van der Waals surface area contributed by atoms with Crippen molar-refractivity contribution in [2.75, 3.05) is 23.8 Å². The molecule has 2 aliphatic rings. The van der Waals surface area contributed by atoms with E-state index in [9.17, 15) is 24.0 Å². The fraction of sp³-hybridized carbons (Fsp3) is 0.250. The molecule has 0 saturated carbocycles. The Labute approximate surface area is 281 Å². The van der Waals surface area contributed by atoms with Crippen LogP contribution in [0.1, 0.15) is 40.0 Å². The van der Waals surface area contributed by atoms with Gasteiger partial charge in [0.15, 0.2) is 0 Å². The molecule has 3 aromatic carbocycles. The minimum Gasteiger partial charge on any atom is -0.478 e. The van der Waals surface area contributed by atoms with Gasteiger partial charge in [-0.15, -0.1) is 0 Å². The van der Waals surface area contributed by atoms with Gasteiger partial charge in [0.2, 0.25) is 11.8 Å². The molecule has 0 aliphatic carbocycles. The van der Waals surface area contributed by atoms with Crippen LogP contribution in [0, 0.1) is 6.92 Å². The number of aldehydes is 2. The molecule has 250 valence electrons. The number of esters is 1. The third-order valence-corrected chi connectivity index (χ3v) is 8.38. The number of aryl methyl sites for hydroxylation is 2. The zero-order valence-corrected chi connectivity index (χ0v) is 26.7. The number of benzene rings is 3. The third-order valence-electron chi connectivity index (χ3n) is 8.38. The van der Waals surface area contributed by atoms with Crippen molar-refractivity contribution in [3.8, 4) is 17.0 Å². The normalized spacial score (nSPS) is 18.1. The first-order valence-corrected chi connectivity index (χ1v) is 15.7. The summed E-state index contributed by atoms with van der Waals surface area (Å²) in [5.74, 6) is -0.797. The van der Waals surface area contributed by atoms with Gasteiger partial charge in [0, 0.05) is 23.7 Å². The molecule has 13 nitrogen and oxygen atoms in total. The number of aromatic nitrogens is 2. The molecule has 1 fully saturated rings. The number of rotatable bonds is 13. The standard InChI is InChI=1S/C36H34N6O7/c1-22-16-30(40-35(37)39-22)48-15-5-6-23-9-11-29-27(17-23)33(46)38-19-31(45)42(29)28-12-10-24(18-26(28)25-7-3-2-4-8-25)20-49-34(47)32-36(21-44,41-32)13-14-43/h2-4,7-12,14,16-18,21,32,41H,5-6,13,15,19-20H2,1H3,(H,38,46)(H2,37,39,40). The summed E-state index contributed by atoms with van der Waals surface area (Å²) in [6.45, 7) is 1.87. The highest BCUT2D eigenvalue weighted by molar-refractivity contribution is 6.14. The van der Waals surface area contributed by atoms with Crippen LogP contribution in [-0.2, 0) is 36.9 Å². The van der Waals surface area contributed by atoms with E-state index in [1.54, 1.807) is 37.3 Å². The molecule has 4 aromatic rings. The highest BCUT2D eigenvalue weighted by atomic mass is 16.5. The minimum absolute atomic E-state index is 0.102. The van der Waals surface area contributed by atoms with Crippen LogP contribution in [0.2, 0.25) is 0 Å². The zero-order valence-electron chi connectivity index (χ0n) is 26.7. The lowest BCUT2D eigenvalue weighted by Gasteiger charge is -2.26. The van der Waals surface area contributed by atoms with Crippen molar-refractivity contribution < 1.29 is 33.4 Å². The van der Waals surface area contributed by atoms with Crippen molar-refractivity contribution in [1.29, 1.82) is 0 Å². The summed E-state index contributed by atoms with van der Waals surface area (Å²) in [7, 11) is 0. The number of nitrogens with zero attached hydrogens (tertiary/aromatic N) is 3. The van der Waals surface area contributed by atoms with Gasteiger partial charge in [0.1, 0.15) is 30.8 Å². The average molecular weight is 663 g/mol. The Balaban J connectivity index is 1.24. The van der Waals surface area contributed by atoms with Gasteiger partial charge in [-0.25, -0.2) is 4.98 Å². The van der Waals surface area contributed by atoms with Crippen LogP contribution < -0.4 is 26.0 Å². The Morgan fingerprint density at radius 3 is 2.47 bits per heavy atom. The summed E-state index contributed by atoms with van der Waals surface area (Å²) in [5.41, 5.74) is 9.53. The quantitative estimate of drug-likeness (QED) is 0.0825. The van der Waals surface area contributed by atoms with E-state index in [0.29, 0.717) is 71.7 Å². The number of ether oxygens (including phenoxy) is 2. The molecule has 2 atom stereocenters. The van der Waals surface area contributed by atoms with Crippen molar-refractivity contribution >= 4 is 47.7 Å². The molecule has 6 rings (SSSR count). The first kappa shape index (κ1) is 33.0. The maximum absolute atomic E-state index is 13.7. The van der Waals surface area contributed by atoms with Crippen LogP contribution in [0.25, 0.3) is 11.1 Å². The highest BCUT2D eigenvalue weighted by Gasteiger charge is 2.59. The topological polar surface area (TPSA) is 193 Å². The largest absolute Gasteiger partial charge is 0.478 e. The lowest BCUT2D eigenvalue weighted by molar-refractivity contribution is -0.145. The molecule has 1 saturated heterocycles. The molecule has 49 heavy (non-hydrogen) atoms. The van der Waals surface area contributed by atoms with Crippen molar-refractivity contribution in [3.05, 3.63) is 95.2 Å². The van der Waals surface area contributed by atoms with E-state index in [2.05, 4.69) is 20.6 Å². The highest BCUT2D eigenvalue weighted by Crippen LogP contribution is 2.39. The molecule has 2 aliphatic heterocycles. The van der Waals surface area contributed by atoms with Gasteiger partial charge < -0.3 is 30.1 Å². The third kappa shape index (κ3) is 7.16. The Morgan fingerprint density at radius 1 is 1.00 bits per heavy atom. The fourth-order valence-corrected chi connectivity index (χ4v) is 5.85. The molecule has 1 aromatic heterocycles. The molecule has 4 N–H and O–H groups in total. The van der Waals surface area contributed by atoms with E-state index in [1.165, 1.54) is 4.90 Å². The summed E-state index contributed by atoms with van der Waals surface area (Å²) in [6.07, 6.45) is 2.27. The molecule has 3 heterocycles. The summed E-state index contributed by atoms with van der Waals surface area (Å²) in [5, 5.41) is 5.47. The number of nitrogens with one attached hydrogen (secondary N) is 2. The van der Waals surface area contributed by atoms with Gasteiger partial charge in [-0.1, -0.05) is 42.5 Å². The summed E-state index contributed by atoms with van der Waals surface area (Å²) in [4.78, 5) is 71.7. The molecule has 2 amide bonds. The number of nitrogen functional groups attached to an aromatic ring is 1. The first-order valence-electron chi connectivity index (χ1n) is 15.7. The SMILES string of the molecule is Cc1cc(OCCCc2ccc3c(c2)C(=O)NCC(=O)N3c2ccc(COC(=O)C3NC3(C=O)CC=O)cc2-c2ccccc2)nc(N)n1. The van der Waals surface area contributed by atoms with Crippen molar-refractivity contribution in [1.82, 2.24) is 20.6 Å². The second-order valence-electron chi connectivity index (χ2n) is 11.9. The number of anilines is 3. The van der Waals surface area contributed by atoms with E-state index < -0.39 is 17.6 Å². The van der Waals surface area contributed by atoms with E-state index in [-0.39, 0.29) is 37.3 Å². The lowest BCUT2D eigenvalue weighted by atomic mass is 9.98. The smallest absolute Gasteiger partial charge is 0.325 e. The zero-order chi connectivity index (χ0) is 34.5. The predicted molar refractivity (Wildman–Crippen MR) is 179 cm³/mol. The molecule has 13 heteroatoms. The van der Waals surface area contributed by atoms with Crippen LogP contribution in [0.3, 0.4) is 0 Å². The Bertz CT molecular complexity index is 1910. The number of fused-ring (bicyclic) bond motifs is 1. The van der Waals surface area contributed by atoms with Gasteiger partial charge in [-0.3, -0.25) is 24.6 Å². The average Bonchev–Trinajstić information content (AvgIpc) is 3.85. The monoisotopic (exact) mass is 662 g/mol. The van der Waals surface area contributed by atoms with Crippen LogP contribution in [0.15, 0.2) is 72.8 Å². The van der Waals surface area contributed by atoms with E-state index in [4.69, 9.17) is 15.2 Å². The van der Waals surface area contributed by atoms with E-state index >= 15 is 0 Å². The number of nitrogens with two attached hydrogens (primary N) is 1. The maximum atomic E-state index is 13.7. The van der Waals surface area contributed by atoms with Crippen molar-refractivity contribution in [3.63, 3.8) is 0 Å². The molecular formula is C36H34N6O7. The minimum atomic E-state index is -1.22. The predicted octanol–water partition coefficient (Wildman–Crippen LogP) is 3.00. The van der Waals surface area contributed by atoms with Crippen LogP contribution >= 0.6 is 0 Å². The second kappa shape index (κ2) is 14.0. The number of amides is 2. The van der Waals surface area contributed by atoms with E-state index in [1.807, 2.05) is 42.5 Å². The second-order valence-corrected chi connectivity index (χ2v) is 11.9.